The van der Waals surface area contributed by atoms with Crippen LogP contribution in [0.4, 0.5) is 0 Å². The minimum absolute atomic E-state index is 0.635. The molecule has 5 unspecified atom stereocenters. The number of rotatable bonds is 0. The zero-order valence-electron chi connectivity index (χ0n) is 15.1. The van der Waals surface area contributed by atoms with Crippen molar-refractivity contribution >= 4 is 23.5 Å². The number of thioether (sulfide) groups is 2. The molecule has 1 saturated heterocycles. The molecule has 6 atom stereocenters. The van der Waals surface area contributed by atoms with E-state index in [1.54, 1.807) is 38.5 Å². The van der Waals surface area contributed by atoms with Gasteiger partial charge in [0.1, 0.15) is 0 Å². The van der Waals surface area contributed by atoms with Gasteiger partial charge < -0.3 is 0 Å². The van der Waals surface area contributed by atoms with Crippen LogP contribution in [0.25, 0.3) is 0 Å². The van der Waals surface area contributed by atoms with Crippen molar-refractivity contribution in [3.63, 3.8) is 0 Å². The average Bonchev–Trinajstić information content (AvgIpc) is 3.13. The highest BCUT2D eigenvalue weighted by molar-refractivity contribution is 8.21. The van der Waals surface area contributed by atoms with Crippen LogP contribution in [0.2, 0.25) is 0 Å². The monoisotopic (exact) mass is 350 g/mol. The summed E-state index contributed by atoms with van der Waals surface area (Å²) in [5, 5.41) is 0. The van der Waals surface area contributed by atoms with Crippen LogP contribution in [-0.4, -0.2) is 15.6 Å². The summed E-state index contributed by atoms with van der Waals surface area (Å²) >= 11 is 4.77. The molecule has 0 radical (unpaired) electrons. The molecule has 0 N–H and O–H groups in total. The predicted molar refractivity (Wildman–Crippen MR) is 104 cm³/mol. The Bertz CT molecular complexity index is 482. The topological polar surface area (TPSA) is 0 Å². The second-order valence-corrected chi connectivity index (χ2v) is 13.1. The molecule has 2 heteroatoms. The first-order valence-electron chi connectivity index (χ1n) is 10.4. The van der Waals surface area contributed by atoms with Crippen LogP contribution in [0, 0.1) is 34.5 Å². The summed E-state index contributed by atoms with van der Waals surface area (Å²) in [4.78, 5) is 0. The van der Waals surface area contributed by atoms with Gasteiger partial charge in [0.2, 0.25) is 0 Å². The molecule has 1 aliphatic heterocycles. The van der Waals surface area contributed by atoms with E-state index in [1.807, 2.05) is 0 Å². The van der Waals surface area contributed by atoms with Gasteiger partial charge in [-0.05, 0) is 85.9 Å². The molecule has 4 saturated carbocycles. The Labute approximate surface area is 151 Å². The van der Waals surface area contributed by atoms with Crippen molar-refractivity contribution in [1.82, 2.24) is 0 Å². The third-order valence-corrected chi connectivity index (χ3v) is 12.8. The third kappa shape index (κ3) is 2.12. The zero-order valence-corrected chi connectivity index (χ0v) is 16.7. The molecule has 23 heavy (non-hydrogen) atoms. The van der Waals surface area contributed by atoms with Gasteiger partial charge in [0.05, 0.1) is 4.08 Å². The Morgan fingerprint density at radius 2 is 1.61 bits per heavy atom. The molecular weight excluding hydrogens is 316 g/mol. The molecule has 0 aromatic carbocycles. The van der Waals surface area contributed by atoms with Crippen molar-refractivity contribution in [3.8, 4) is 0 Å². The van der Waals surface area contributed by atoms with Crippen molar-refractivity contribution in [1.29, 1.82) is 0 Å². The van der Waals surface area contributed by atoms with Gasteiger partial charge in [0.25, 0.3) is 0 Å². The first kappa shape index (κ1) is 15.9. The van der Waals surface area contributed by atoms with Crippen molar-refractivity contribution in [2.45, 2.75) is 82.1 Å². The maximum atomic E-state index is 2.73. The fraction of sp³-hybridized carbons (Fsp3) is 1.00. The van der Waals surface area contributed by atoms with E-state index in [0.29, 0.717) is 14.9 Å². The molecule has 0 amide bonds. The lowest BCUT2D eigenvalue weighted by Gasteiger charge is -2.61. The highest BCUT2D eigenvalue weighted by Gasteiger charge is 2.65. The van der Waals surface area contributed by atoms with E-state index in [9.17, 15) is 0 Å². The number of hydrogen-bond donors (Lipinski definition) is 0. The van der Waals surface area contributed by atoms with Crippen molar-refractivity contribution in [3.05, 3.63) is 0 Å². The van der Waals surface area contributed by atoms with Crippen LogP contribution in [0.5, 0.6) is 0 Å². The predicted octanol–water partition coefficient (Wildman–Crippen LogP) is 6.60. The number of fused-ring (bicyclic) bond motifs is 6. The smallest absolute Gasteiger partial charge is 0.0647 e. The standard InChI is InChI=1S/C21H34S2/c1-19-10-8-17-16(7-6-15-5-3-4-9-20(15,17)2)18(19)21(12-11-19)22-13-14-23-21/h15-18H,3-14H2,1-2H3/t15-,16?,17?,18?,19?,20?/m1/s1. The molecule has 0 aromatic rings. The normalized spacial score (nSPS) is 54.5. The van der Waals surface area contributed by atoms with Gasteiger partial charge in [0, 0.05) is 11.5 Å². The molecular formula is C21H34S2. The van der Waals surface area contributed by atoms with Crippen LogP contribution in [0.1, 0.15) is 78.1 Å². The van der Waals surface area contributed by atoms with E-state index < -0.39 is 0 Å². The quantitative estimate of drug-likeness (QED) is 0.483. The summed E-state index contributed by atoms with van der Waals surface area (Å²) in [5.41, 5.74) is 1.39. The minimum atomic E-state index is 0.635. The molecule has 130 valence electrons. The van der Waals surface area contributed by atoms with Crippen LogP contribution in [-0.2, 0) is 0 Å². The summed E-state index contributed by atoms with van der Waals surface area (Å²) in [6.07, 6.45) is 15.4. The maximum Gasteiger partial charge on any atom is 0.0647 e. The molecule has 5 fully saturated rings. The maximum absolute atomic E-state index is 2.73. The molecule has 0 aromatic heterocycles. The van der Waals surface area contributed by atoms with E-state index >= 15 is 0 Å². The summed E-state index contributed by atoms with van der Waals surface area (Å²) in [6, 6.07) is 0. The van der Waals surface area contributed by atoms with Gasteiger partial charge in [-0.1, -0.05) is 26.7 Å². The Kier molecular flexibility index (Phi) is 3.70. The van der Waals surface area contributed by atoms with Gasteiger partial charge in [-0.25, -0.2) is 0 Å². The lowest BCUT2D eigenvalue weighted by atomic mass is 9.45. The molecule has 0 nitrogen and oxygen atoms in total. The van der Waals surface area contributed by atoms with E-state index in [-0.39, 0.29) is 0 Å². The lowest BCUT2D eigenvalue weighted by Crippen LogP contribution is -2.54. The Morgan fingerprint density at radius 1 is 0.783 bits per heavy atom. The Morgan fingerprint density at radius 3 is 2.43 bits per heavy atom. The highest BCUT2D eigenvalue weighted by atomic mass is 32.2. The summed E-state index contributed by atoms with van der Waals surface area (Å²) in [7, 11) is 0. The van der Waals surface area contributed by atoms with Crippen LogP contribution in [0.3, 0.4) is 0 Å². The fourth-order valence-electron chi connectivity index (χ4n) is 8.12. The number of hydrogen-bond acceptors (Lipinski definition) is 2. The molecule has 5 aliphatic rings. The summed E-state index contributed by atoms with van der Waals surface area (Å²) in [5.74, 6) is 7.09. The molecule has 0 bridgehead atoms. The van der Waals surface area contributed by atoms with E-state index in [1.165, 1.54) is 37.2 Å². The first-order chi connectivity index (χ1) is 11.1. The Balaban J connectivity index is 1.52. The average molecular weight is 351 g/mol. The van der Waals surface area contributed by atoms with Crippen LogP contribution >= 0.6 is 23.5 Å². The van der Waals surface area contributed by atoms with Gasteiger partial charge in [0.15, 0.2) is 0 Å². The molecule has 4 aliphatic carbocycles. The van der Waals surface area contributed by atoms with E-state index in [4.69, 9.17) is 0 Å². The fourth-order valence-corrected chi connectivity index (χ4v) is 12.1. The third-order valence-electron chi connectivity index (χ3n) is 9.16. The minimum Gasteiger partial charge on any atom is -0.143 e. The van der Waals surface area contributed by atoms with Crippen molar-refractivity contribution in [2.24, 2.45) is 34.5 Å². The van der Waals surface area contributed by atoms with Gasteiger partial charge in [-0.2, -0.15) is 0 Å². The molecule has 1 heterocycles. The second kappa shape index (κ2) is 5.35. The SMILES string of the molecule is CC12CCC3C(CC[C@H]4CCCCC34C)C1C1(CC2)SCCS1. The molecule has 1 spiro atoms. The van der Waals surface area contributed by atoms with Gasteiger partial charge >= 0.3 is 0 Å². The largest absolute Gasteiger partial charge is 0.143 e. The van der Waals surface area contributed by atoms with E-state index in [0.717, 1.165) is 23.7 Å². The van der Waals surface area contributed by atoms with Crippen LogP contribution < -0.4 is 0 Å². The first-order valence-corrected chi connectivity index (χ1v) is 12.3. The highest BCUT2D eigenvalue weighted by Crippen LogP contribution is 2.73. The van der Waals surface area contributed by atoms with Gasteiger partial charge in [-0.3, -0.25) is 0 Å². The van der Waals surface area contributed by atoms with Crippen molar-refractivity contribution in [2.75, 3.05) is 11.5 Å². The molecule has 5 rings (SSSR count). The van der Waals surface area contributed by atoms with Crippen molar-refractivity contribution < 1.29 is 0 Å². The van der Waals surface area contributed by atoms with Gasteiger partial charge in [-0.15, -0.1) is 23.5 Å². The van der Waals surface area contributed by atoms with Crippen LogP contribution in [0.15, 0.2) is 0 Å². The second-order valence-electron chi connectivity index (χ2n) is 9.98. The summed E-state index contributed by atoms with van der Waals surface area (Å²) in [6.45, 7) is 5.42. The summed E-state index contributed by atoms with van der Waals surface area (Å²) < 4.78 is 0.635. The van der Waals surface area contributed by atoms with E-state index in [2.05, 4.69) is 37.4 Å². The zero-order chi connectivity index (χ0) is 15.7. The lowest BCUT2D eigenvalue weighted by molar-refractivity contribution is -0.103. The Hall–Kier alpha value is 0.700.